The van der Waals surface area contributed by atoms with E-state index in [9.17, 15) is 25.8 Å². The van der Waals surface area contributed by atoms with E-state index >= 15 is 0 Å². The Hall–Kier alpha value is -2.83. The number of nitrogens with zero attached hydrogens (tertiary/aromatic N) is 4. The van der Waals surface area contributed by atoms with E-state index in [-0.39, 0.29) is 6.42 Å². The Labute approximate surface area is 180 Å². The fraction of sp³-hybridized carbons (Fsp3) is 0.708. The number of allylic oxidation sites excluding steroid dienone is 2. The molecule has 0 fully saturated rings. The molecule has 0 aromatic heterocycles. The van der Waals surface area contributed by atoms with Crippen LogP contribution in [0.25, 0.3) is 0 Å². The van der Waals surface area contributed by atoms with Gasteiger partial charge in [0.05, 0.1) is 24.3 Å². The maximum atomic E-state index is 10.6. The molecule has 0 unspecified atom stereocenters. The molecule has 0 amide bonds. The highest BCUT2D eigenvalue weighted by atomic mass is 16.4. The fourth-order valence-corrected chi connectivity index (χ4v) is 4.46. The largest absolute Gasteiger partial charge is 0.481 e. The smallest absolute Gasteiger partial charge is 0.303 e. The summed E-state index contributed by atoms with van der Waals surface area (Å²) in [7, 11) is 0. The molecule has 2 atom stereocenters. The third kappa shape index (κ3) is 5.62. The van der Waals surface area contributed by atoms with Crippen molar-refractivity contribution in [2.45, 2.75) is 84.0 Å². The molecule has 6 nitrogen and oxygen atoms in total. The van der Waals surface area contributed by atoms with Crippen molar-refractivity contribution in [2.24, 2.45) is 22.7 Å². The molecule has 0 saturated carbocycles. The molecule has 0 radical (unpaired) electrons. The molecule has 0 bridgehead atoms. The molecule has 1 aliphatic rings. The van der Waals surface area contributed by atoms with Gasteiger partial charge in [-0.1, -0.05) is 70.4 Å². The van der Waals surface area contributed by atoms with Crippen LogP contribution in [0.2, 0.25) is 0 Å². The lowest BCUT2D eigenvalue weighted by Crippen LogP contribution is -2.50. The van der Waals surface area contributed by atoms with E-state index in [4.69, 9.17) is 5.11 Å². The first kappa shape index (κ1) is 25.2. The standard InChI is InChI=1S/C24H32N4O2/c1-2-3-4-8-11-20-14-15-21(12-9-6-5-7-10-13-22(29)30)24(18-27,19-28)23(20,16-25)17-26/h14-15,20-21H,2-13H2,1H3,(H,29,30)/t20-,21-/m1/s1. The van der Waals surface area contributed by atoms with Crippen LogP contribution in [0.5, 0.6) is 0 Å². The van der Waals surface area contributed by atoms with E-state index < -0.39 is 28.6 Å². The second-order valence-electron chi connectivity index (χ2n) is 8.21. The third-order valence-electron chi connectivity index (χ3n) is 6.29. The number of hydrogen-bond acceptors (Lipinski definition) is 5. The molecule has 160 valence electrons. The summed E-state index contributed by atoms with van der Waals surface area (Å²) in [6, 6.07) is 8.38. The Morgan fingerprint density at radius 2 is 1.17 bits per heavy atom. The van der Waals surface area contributed by atoms with Crippen molar-refractivity contribution in [3.8, 4) is 24.3 Å². The topological polar surface area (TPSA) is 132 Å². The van der Waals surface area contributed by atoms with Crippen LogP contribution >= 0.6 is 0 Å². The number of carbonyl (C=O) groups is 1. The molecule has 1 aliphatic carbocycles. The Balaban J connectivity index is 2.89. The van der Waals surface area contributed by atoms with Gasteiger partial charge in [-0.3, -0.25) is 4.79 Å². The van der Waals surface area contributed by atoms with Gasteiger partial charge >= 0.3 is 5.97 Å². The average Bonchev–Trinajstić information content (AvgIpc) is 2.75. The van der Waals surface area contributed by atoms with Crippen LogP contribution in [0, 0.1) is 68.0 Å². The summed E-state index contributed by atoms with van der Waals surface area (Å²) in [5, 5.41) is 48.6. The molecule has 0 aromatic rings. The predicted molar refractivity (Wildman–Crippen MR) is 112 cm³/mol. The van der Waals surface area contributed by atoms with Crippen molar-refractivity contribution in [2.75, 3.05) is 0 Å². The van der Waals surface area contributed by atoms with Crippen LogP contribution in [0.1, 0.15) is 84.0 Å². The first-order valence-corrected chi connectivity index (χ1v) is 11.0. The highest BCUT2D eigenvalue weighted by Gasteiger charge is 2.63. The first-order valence-electron chi connectivity index (χ1n) is 11.0. The quantitative estimate of drug-likeness (QED) is 0.309. The molecule has 1 N–H and O–H groups in total. The highest BCUT2D eigenvalue weighted by Crippen LogP contribution is 2.55. The van der Waals surface area contributed by atoms with E-state index in [1.165, 1.54) is 0 Å². The van der Waals surface area contributed by atoms with Gasteiger partial charge in [0.15, 0.2) is 10.8 Å². The summed E-state index contributed by atoms with van der Waals surface area (Å²) >= 11 is 0. The maximum Gasteiger partial charge on any atom is 0.303 e. The van der Waals surface area contributed by atoms with Gasteiger partial charge < -0.3 is 5.11 Å². The second-order valence-corrected chi connectivity index (χ2v) is 8.21. The first-order chi connectivity index (χ1) is 14.5. The summed E-state index contributed by atoms with van der Waals surface area (Å²) in [5.41, 5.74) is -3.34. The van der Waals surface area contributed by atoms with Gasteiger partial charge in [0.2, 0.25) is 0 Å². The van der Waals surface area contributed by atoms with E-state index in [1.807, 2.05) is 12.2 Å². The molecule has 6 heteroatoms. The van der Waals surface area contributed by atoms with E-state index in [0.717, 1.165) is 51.4 Å². The molecule has 0 saturated heterocycles. The minimum absolute atomic E-state index is 0.170. The Kier molecular flexibility index (Phi) is 10.6. The number of hydrogen-bond donors (Lipinski definition) is 1. The number of aliphatic carboxylic acids is 1. The number of nitriles is 4. The molecule has 0 aromatic carbocycles. The summed E-state index contributed by atoms with van der Waals surface area (Å²) in [6.45, 7) is 2.11. The zero-order chi connectivity index (χ0) is 22.5. The van der Waals surface area contributed by atoms with Crippen LogP contribution < -0.4 is 0 Å². The van der Waals surface area contributed by atoms with Crippen molar-refractivity contribution in [1.82, 2.24) is 0 Å². The van der Waals surface area contributed by atoms with Gasteiger partial charge in [-0.15, -0.1) is 0 Å². The van der Waals surface area contributed by atoms with Crippen molar-refractivity contribution in [3.05, 3.63) is 12.2 Å². The van der Waals surface area contributed by atoms with Gasteiger partial charge in [-0.2, -0.15) is 21.0 Å². The van der Waals surface area contributed by atoms with Gasteiger partial charge in [0.25, 0.3) is 0 Å². The van der Waals surface area contributed by atoms with E-state index in [1.54, 1.807) is 0 Å². The van der Waals surface area contributed by atoms with Crippen molar-refractivity contribution in [3.63, 3.8) is 0 Å². The fourth-order valence-electron chi connectivity index (χ4n) is 4.46. The SMILES string of the molecule is CCCCCC[C@@H]1C=C[C@@H](CCCCCCCC(=O)O)C(C#N)(C#N)C1(C#N)C#N. The normalized spacial score (nSPS) is 21.0. The van der Waals surface area contributed by atoms with Gasteiger partial charge in [-0.05, 0) is 19.3 Å². The van der Waals surface area contributed by atoms with Gasteiger partial charge in [0, 0.05) is 18.3 Å². The van der Waals surface area contributed by atoms with Crippen molar-refractivity contribution in [1.29, 1.82) is 21.0 Å². The molecule has 1 rings (SSSR count). The maximum absolute atomic E-state index is 10.6. The highest BCUT2D eigenvalue weighted by molar-refractivity contribution is 5.66. The lowest BCUT2D eigenvalue weighted by atomic mass is 9.50. The van der Waals surface area contributed by atoms with Crippen LogP contribution in [0.3, 0.4) is 0 Å². The zero-order valence-corrected chi connectivity index (χ0v) is 17.9. The lowest BCUT2D eigenvalue weighted by molar-refractivity contribution is -0.137. The molecule has 0 aliphatic heterocycles. The van der Waals surface area contributed by atoms with Gasteiger partial charge in [0.1, 0.15) is 0 Å². The third-order valence-corrected chi connectivity index (χ3v) is 6.29. The number of rotatable bonds is 13. The number of unbranched alkanes of at least 4 members (excludes halogenated alkanes) is 7. The number of carboxylic acid groups (broad SMARTS) is 1. The Bertz CT molecular complexity index is 732. The van der Waals surface area contributed by atoms with Crippen LogP contribution in [0.15, 0.2) is 12.2 Å². The van der Waals surface area contributed by atoms with E-state index in [0.29, 0.717) is 19.3 Å². The Morgan fingerprint density at radius 3 is 1.57 bits per heavy atom. The lowest BCUT2D eigenvalue weighted by Gasteiger charge is -2.43. The van der Waals surface area contributed by atoms with Gasteiger partial charge in [-0.25, -0.2) is 0 Å². The summed E-state index contributed by atoms with van der Waals surface area (Å²) in [4.78, 5) is 10.6. The predicted octanol–water partition coefficient (Wildman–Crippen LogP) is 5.64. The second kappa shape index (κ2) is 12.7. The summed E-state index contributed by atoms with van der Waals surface area (Å²) in [5.74, 6) is -1.67. The molecule has 0 heterocycles. The van der Waals surface area contributed by atoms with Crippen molar-refractivity contribution < 1.29 is 9.90 Å². The van der Waals surface area contributed by atoms with Crippen molar-refractivity contribution >= 4 is 5.97 Å². The Morgan fingerprint density at radius 1 is 0.767 bits per heavy atom. The van der Waals surface area contributed by atoms with Crippen LogP contribution in [0.4, 0.5) is 0 Å². The minimum atomic E-state index is -1.68. The molecular formula is C24H32N4O2. The van der Waals surface area contributed by atoms with Crippen LogP contribution in [-0.2, 0) is 4.79 Å². The summed E-state index contributed by atoms with van der Waals surface area (Å²) in [6.07, 6.45) is 13.2. The minimum Gasteiger partial charge on any atom is -0.481 e. The average molecular weight is 409 g/mol. The molecule has 30 heavy (non-hydrogen) atoms. The van der Waals surface area contributed by atoms with Crippen LogP contribution in [-0.4, -0.2) is 11.1 Å². The summed E-state index contributed by atoms with van der Waals surface area (Å²) < 4.78 is 0. The molecular weight excluding hydrogens is 376 g/mol. The molecule has 0 spiro atoms. The monoisotopic (exact) mass is 408 g/mol. The van der Waals surface area contributed by atoms with E-state index in [2.05, 4.69) is 31.2 Å². The zero-order valence-electron chi connectivity index (χ0n) is 17.9. The number of carboxylic acids is 1.